The van der Waals surface area contributed by atoms with E-state index in [2.05, 4.69) is 6.58 Å². The Morgan fingerprint density at radius 2 is 1.75 bits per heavy atom. The van der Waals surface area contributed by atoms with Crippen LogP contribution in [0.1, 0.15) is 6.42 Å². The van der Waals surface area contributed by atoms with Gasteiger partial charge in [-0.25, -0.2) is 0 Å². The minimum atomic E-state index is 0.530. The van der Waals surface area contributed by atoms with Gasteiger partial charge in [-0.05, 0) is 24.3 Å². The zero-order chi connectivity index (χ0) is 14.0. The van der Waals surface area contributed by atoms with Gasteiger partial charge in [0.05, 0.1) is 26.4 Å². The van der Waals surface area contributed by atoms with E-state index in [9.17, 15) is 0 Å². The van der Waals surface area contributed by atoms with E-state index in [1.54, 1.807) is 11.0 Å². The van der Waals surface area contributed by atoms with Gasteiger partial charge in [0.25, 0.3) is 0 Å². The van der Waals surface area contributed by atoms with Crippen molar-refractivity contribution in [1.82, 2.24) is 0 Å². The van der Waals surface area contributed by atoms with Crippen LogP contribution in [0, 0.1) is 0 Å². The average Bonchev–Trinajstić information content (AvgIpc) is 2.52. The molecule has 0 unspecified atom stereocenters. The van der Waals surface area contributed by atoms with Crippen molar-refractivity contribution in [2.75, 3.05) is 46.1 Å². The molecule has 1 aliphatic heterocycles. The molecule has 0 bridgehead atoms. The van der Waals surface area contributed by atoms with Gasteiger partial charge >= 0.3 is 0 Å². The molecule has 0 aromatic heterocycles. The Hall–Kier alpha value is -1.52. The predicted octanol–water partition coefficient (Wildman–Crippen LogP) is 0.935. The summed E-state index contributed by atoms with van der Waals surface area (Å²) < 4.78 is 16.5. The number of rotatable bonds is 8. The number of nitrogens with one attached hydrogen (secondary N) is 1. The highest BCUT2D eigenvalue weighted by molar-refractivity contribution is 5.31. The minimum Gasteiger partial charge on any atom is -0.493 e. The zero-order valence-electron chi connectivity index (χ0n) is 12.0. The molecule has 110 valence electrons. The van der Waals surface area contributed by atoms with Gasteiger partial charge in [-0.15, -0.1) is 0 Å². The Morgan fingerprint density at radius 3 is 2.40 bits per heavy atom. The van der Waals surface area contributed by atoms with E-state index < -0.39 is 0 Å². The number of quaternary nitrogens is 1. The van der Waals surface area contributed by atoms with Crippen molar-refractivity contribution >= 4 is 0 Å². The molecule has 0 radical (unpaired) electrons. The lowest BCUT2D eigenvalue weighted by Crippen LogP contribution is -3.14. The number of benzene rings is 1. The molecule has 0 spiro atoms. The van der Waals surface area contributed by atoms with E-state index in [1.165, 1.54) is 0 Å². The summed E-state index contributed by atoms with van der Waals surface area (Å²) in [6.45, 7) is 10.1. The number of hydrogen-bond acceptors (Lipinski definition) is 3. The Morgan fingerprint density at radius 1 is 1.10 bits per heavy atom. The molecule has 20 heavy (non-hydrogen) atoms. The summed E-state index contributed by atoms with van der Waals surface area (Å²) in [6.07, 6.45) is 2.81. The summed E-state index contributed by atoms with van der Waals surface area (Å²) in [7, 11) is 0. The number of ether oxygens (including phenoxy) is 3. The molecule has 1 heterocycles. The van der Waals surface area contributed by atoms with E-state index in [1.807, 2.05) is 24.3 Å². The topological polar surface area (TPSA) is 32.1 Å². The summed E-state index contributed by atoms with van der Waals surface area (Å²) in [6, 6.07) is 7.73. The molecule has 1 aromatic rings. The van der Waals surface area contributed by atoms with Crippen molar-refractivity contribution in [3.8, 4) is 11.5 Å². The minimum absolute atomic E-state index is 0.530. The lowest BCUT2D eigenvalue weighted by atomic mass is 10.3. The normalized spacial score (nSPS) is 15.8. The molecule has 1 saturated heterocycles. The third-order valence-corrected chi connectivity index (χ3v) is 3.33. The number of morpholine rings is 1. The van der Waals surface area contributed by atoms with Gasteiger partial charge in [-0.3, -0.25) is 0 Å². The molecule has 2 rings (SSSR count). The fourth-order valence-corrected chi connectivity index (χ4v) is 2.21. The van der Waals surface area contributed by atoms with Gasteiger partial charge < -0.3 is 19.1 Å². The molecule has 0 aliphatic carbocycles. The van der Waals surface area contributed by atoms with Crippen LogP contribution >= 0.6 is 0 Å². The Balaban J connectivity index is 1.62. The lowest BCUT2D eigenvalue weighted by Gasteiger charge is -2.23. The van der Waals surface area contributed by atoms with Crippen molar-refractivity contribution in [2.45, 2.75) is 6.42 Å². The molecule has 1 aliphatic rings. The zero-order valence-corrected chi connectivity index (χ0v) is 12.0. The molecule has 1 fully saturated rings. The first-order chi connectivity index (χ1) is 9.88. The van der Waals surface area contributed by atoms with Crippen molar-refractivity contribution < 1.29 is 19.1 Å². The largest absolute Gasteiger partial charge is 0.493 e. The monoisotopic (exact) mass is 278 g/mol. The van der Waals surface area contributed by atoms with Crippen LogP contribution in [0.25, 0.3) is 0 Å². The van der Waals surface area contributed by atoms with Crippen molar-refractivity contribution in [2.24, 2.45) is 0 Å². The molecule has 4 heteroatoms. The first-order valence-corrected chi connectivity index (χ1v) is 7.26. The Bertz CT molecular complexity index is 385. The first-order valence-electron chi connectivity index (χ1n) is 7.26. The van der Waals surface area contributed by atoms with Gasteiger partial charge in [0, 0.05) is 6.42 Å². The van der Waals surface area contributed by atoms with Crippen LogP contribution in [0.4, 0.5) is 0 Å². The summed E-state index contributed by atoms with van der Waals surface area (Å²) in [5, 5.41) is 0. The van der Waals surface area contributed by atoms with Gasteiger partial charge in [0.1, 0.15) is 31.2 Å². The highest BCUT2D eigenvalue weighted by atomic mass is 16.5. The molecule has 0 atom stereocenters. The van der Waals surface area contributed by atoms with Crippen molar-refractivity contribution in [3.63, 3.8) is 0 Å². The summed E-state index contributed by atoms with van der Waals surface area (Å²) in [5.74, 6) is 1.74. The molecule has 0 amide bonds. The van der Waals surface area contributed by atoms with Crippen LogP contribution in [-0.2, 0) is 4.74 Å². The molecule has 4 nitrogen and oxygen atoms in total. The second-order valence-electron chi connectivity index (χ2n) is 4.89. The van der Waals surface area contributed by atoms with Crippen molar-refractivity contribution in [3.05, 3.63) is 36.9 Å². The quantitative estimate of drug-likeness (QED) is 0.567. The van der Waals surface area contributed by atoms with E-state index in [0.29, 0.717) is 6.61 Å². The maximum Gasteiger partial charge on any atom is 0.120 e. The maximum atomic E-state index is 5.74. The second-order valence-corrected chi connectivity index (χ2v) is 4.89. The van der Waals surface area contributed by atoms with E-state index in [-0.39, 0.29) is 0 Å². The molecular weight excluding hydrogens is 254 g/mol. The predicted molar refractivity (Wildman–Crippen MR) is 78.6 cm³/mol. The SMILES string of the molecule is C=CCOc1ccc(OCCC[NH+]2CCOCC2)cc1. The Labute approximate surface area is 120 Å². The van der Waals surface area contributed by atoms with E-state index >= 15 is 0 Å². The maximum absolute atomic E-state index is 5.74. The van der Waals surface area contributed by atoms with Gasteiger partial charge in [-0.2, -0.15) is 0 Å². The van der Waals surface area contributed by atoms with Crippen LogP contribution in [0.15, 0.2) is 36.9 Å². The average molecular weight is 278 g/mol. The summed E-state index contributed by atoms with van der Waals surface area (Å²) in [5.41, 5.74) is 0. The van der Waals surface area contributed by atoms with Crippen LogP contribution in [0.3, 0.4) is 0 Å². The molecule has 1 aromatic carbocycles. The van der Waals surface area contributed by atoms with Crippen LogP contribution < -0.4 is 14.4 Å². The fraction of sp³-hybridized carbons (Fsp3) is 0.500. The van der Waals surface area contributed by atoms with E-state index in [4.69, 9.17) is 14.2 Å². The molecular formula is C16H24NO3+. The molecule has 0 saturated carbocycles. The van der Waals surface area contributed by atoms with Gasteiger partial charge in [0.2, 0.25) is 0 Å². The van der Waals surface area contributed by atoms with Crippen LogP contribution in [0.2, 0.25) is 0 Å². The van der Waals surface area contributed by atoms with Gasteiger partial charge in [-0.1, -0.05) is 12.7 Å². The first kappa shape index (κ1) is 14.9. The third kappa shape index (κ3) is 5.23. The van der Waals surface area contributed by atoms with Gasteiger partial charge in [0.15, 0.2) is 0 Å². The highest BCUT2D eigenvalue weighted by Gasteiger charge is 2.12. The smallest absolute Gasteiger partial charge is 0.120 e. The Kier molecular flexibility index (Phi) is 6.41. The highest BCUT2D eigenvalue weighted by Crippen LogP contribution is 2.17. The summed E-state index contributed by atoms with van der Waals surface area (Å²) in [4.78, 5) is 1.62. The summed E-state index contributed by atoms with van der Waals surface area (Å²) >= 11 is 0. The van der Waals surface area contributed by atoms with Crippen molar-refractivity contribution in [1.29, 1.82) is 0 Å². The van der Waals surface area contributed by atoms with Crippen LogP contribution in [-0.4, -0.2) is 46.1 Å². The molecule has 1 N–H and O–H groups in total. The second kappa shape index (κ2) is 8.61. The lowest BCUT2D eigenvalue weighted by molar-refractivity contribution is -0.908. The van der Waals surface area contributed by atoms with Crippen LogP contribution in [0.5, 0.6) is 11.5 Å². The third-order valence-electron chi connectivity index (χ3n) is 3.33. The van der Waals surface area contributed by atoms with E-state index in [0.717, 1.165) is 57.4 Å². The fourth-order valence-electron chi connectivity index (χ4n) is 2.21. The standard InChI is InChI=1S/C16H23NO3/c1-2-11-19-15-4-6-16(7-5-15)20-12-3-8-17-9-13-18-14-10-17/h2,4-7H,1,3,8-14H2/p+1. The number of hydrogen-bond donors (Lipinski definition) is 1.